The molecule has 0 amide bonds. The fraction of sp³-hybridized carbons (Fsp3) is 0.556. The highest BCUT2D eigenvalue weighted by Gasteiger charge is 2.11. The topological polar surface area (TPSA) is 56.3 Å². The van der Waals surface area contributed by atoms with Gasteiger partial charge in [-0.2, -0.15) is 4.98 Å². The molecule has 14 heavy (non-hydrogen) atoms. The van der Waals surface area contributed by atoms with Crippen molar-refractivity contribution < 1.29 is 9.47 Å². The van der Waals surface area contributed by atoms with Crippen LogP contribution in [0.3, 0.4) is 0 Å². The van der Waals surface area contributed by atoms with E-state index in [2.05, 4.69) is 15.3 Å². The molecule has 1 rings (SSSR count). The Morgan fingerprint density at radius 2 is 2.21 bits per heavy atom. The summed E-state index contributed by atoms with van der Waals surface area (Å²) in [6.07, 6.45) is 2.38. The molecule has 5 heteroatoms. The van der Waals surface area contributed by atoms with Gasteiger partial charge >= 0.3 is 0 Å². The zero-order valence-electron chi connectivity index (χ0n) is 8.70. The van der Waals surface area contributed by atoms with E-state index in [4.69, 9.17) is 9.47 Å². The van der Waals surface area contributed by atoms with Crippen LogP contribution >= 0.6 is 0 Å². The zero-order chi connectivity index (χ0) is 10.4. The van der Waals surface area contributed by atoms with Crippen molar-refractivity contribution in [2.45, 2.75) is 13.3 Å². The summed E-state index contributed by atoms with van der Waals surface area (Å²) in [5.74, 6) is 1.66. The van der Waals surface area contributed by atoms with Gasteiger partial charge in [0.15, 0.2) is 5.82 Å². The lowest BCUT2D eigenvalue weighted by Gasteiger charge is -2.10. The quantitative estimate of drug-likeness (QED) is 0.771. The molecule has 5 nitrogen and oxygen atoms in total. The first kappa shape index (κ1) is 10.6. The summed E-state index contributed by atoms with van der Waals surface area (Å²) < 4.78 is 10.6. The number of anilines is 1. The molecule has 1 aromatic rings. The van der Waals surface area contributed by atoms with Gasteiger partial charge in [-0.3, -0.25) is 0 Å². The lowest BCUT2D eigenvalue weighted by atomic mass is 10.5. The molecule has 0 saturated carbocycles. The highest BCUT2D eigenvalue weighted by molar-refractivity contribution is 5.54. The molecule has 0 aliphatic rings. The Bertz CT molecular complexity index is 291. The number of aromatic nitrogens is 2. The van der Waals surface area contributed by atoms with E-state index in [1.807, 2.05) is 6.92 Å². The van der Waals surface area contributed by atoms with E-state index < -0.39 is 0 Å². The molecule has 78 valence electrons. The molecule has 0 aliphatic heterocycles. The number of hydrogen-bond acceptors (Lipinski definition) is 5. The van der Waals surface area contributed by atoms with Crippen LogP contribution in [0.5, 0.6) is 11.6 Å². The van der Waals surface area contributed by atoms with Gasteiger partial charge in [0.25, 0.3) is 5.88 Å². The molecule has 0 fully saturated rings. The monoisotopic (exact) mass is 197 g/mol. The van der Waals surface area contributed by atoms with E-state index in [1.165, 1.54) is 6.33 Å². The van der Waals surface area contributed by atoms with Crippen molar-refractivity contribution in [3.8, 4) is 11.6 Å². The van der Waals surface area contributed by atoms with E-state index in [0.29, 0.717) is 24.1 Å². The summed E-state index contributed by atoms with van der Waals surface area (Å²) in [6.45, 7) is 2.66. The van der Waals surface area contributed by atoms with Gasteiger partial charge in [-0.1, -0.05) is 6.92 Å². The van der Waals surface area contributed by atoms with Crippen molar-refractivity contribution >= 4 is 5.82 Å². The Labute approximate surface area is 83.5 Å². The summed E-state index contributed by atoms with van der Waals surface area (Å²) >= 11 is 0. The molecular formula is C9H15N3O2. The van der Waals surface area contributed by atoms with Crippen LogP contribution in [0, 0.1) is 0 Å². The van der Waals surface area contributed by atoms with E-state index >= 15 is 0 Å². The minimum Gasteiger partial charge on any atom is -0.489 e. The highest BCUT2D eigenvalue weighted by atomic mass is 16.5. The predicted molar refractivity (Wildman–Crippen MR) is 53.9 cm³/mol. The van der Waals surface area contributed by atoms with Crippen LogP contribution in [0.25, 0.3) is 0 Å². The molecule has 0 atom stereocenters. The predicted octanol–water partition coefficient (Wildman–Crippen LogP) is 1.32. The molecule has 0 unspecified atom stereocenters. The third-order valence-corrected chi connectivity index (χ3v) is 1.65. The largest absolute Gasteiger partial charge is 0.489 e. The molecule has 1 heterocycles. The van der Waals surface area contributed by atoms with Crippen LogP contribution in [0.1, 0.15) is 13.3 Å². The minimum absolute atomic E-state index is 0.480. The minimum atomic E-state index is 0.480. The van der Waals surface area contributed by atoms with Crippen molar-refractivity contribution in [1.29, 1.82) is 0 Å². The van der Waals surface area contributed by atoms with Crippen molar-refractivity contribution in [1.82, 2.24) is 9.97 Å². The van der Waals surface area contributed by atoms with Gasteiger partial charge < -0.3 is 14.8 Å². The van der Waals surface area contributed by atoms with Crippen LogP contribution in [0.4, 0.5) is 5.82 Å². The smallest absolute Gasteiger partial charge is 0.262 e. The molecule has 0 aliphatic carbocycles. The highest BCUT2D eigenvalue weighted by Crippen LogP contribution is 2.30. The number of rotatable bonds is 5. The second-order valence-corrected chi connectivity index (χ2v) is 2.66. The number of nitrogens with one attached hydrogen (secondary N) is 1. The van der Waals surface area contributed by atoms with Crippen molar-refractivity contribution in [3.05, 3.63) is 6.33 Å². The van der Waals surface area contributed by atoms with Crippen LogP contribution in [0.15, 0.2) is 6.33 Å². The normalized spacial score (nSPS) is 9.64. The average Bonchev–Trinajstić information content (AvgIpc) is 2.25. The van der Waals surface area contributed by atoms with Crippen LogP contribution < -0.4 is 14.8 Å². The molecular weight excluding hydrogens is 182 g/mol. The molecule has 0 spiro atoms. The maximum absolute atomic E-state index is 5.40. The first-order valence-corrected chi connectivity index (χ1v) is 4.53. The van der Waals surface area contributed by atoms with Crippen molar-refractivity contribution in [2.24, 2.45) is 0 Å². The molecule has 0 radical (unpaired) electrons. The SMILES string of the molecule is CCCOc1ncnc(NC)c1OC. The Morgan fingerprint density at radius 3 is 2.79 bits per heavy atom. The molecule has 0 aromatic carbocycles. The maximum atomic E-state index is 5.40. The average molecular weight is 197 g/mol. The van der Waals surface area contributed by atoms with E-state index in [9.17, 15) is 0 Å². The van der Waals surface area contributed by atoms with E-state index in [-0.39, 0.29) is 0 Å². The third-order valence-electron chi connectivity index (χ3n) is 1.65. The van der Waals surface area contributed by atoms with Crippen LogP contribution in [-0.2, 0) is 0 Å². The molecule has 1 N–H and O–H groups in total. The van der Waals surface area contributed by atoms with Gasteiger partial charge in [0.1, 0.15) is 6.33 Å². The number of nitrogens with zero attached hydrogens (tertiary/aromatic N) is 2. The number of hydrogen-bond donors (Lipinski definition) is 1. The van der Waals surface area contributed by atoms with Crippen LogP contribution in [-0.4, -0.2) is 30.7 Å². The Balaban J connectivity index is 2.90. The van der Waals surface area contributed by atoms with E-state index in [0.717, 1.165) is 6.42 Å². The first-order valence-electron chi connectivity index (χ1n) is 4.53. The molecule has 1 aromatic heterocycles. The molecule has 0 saturated heterocycles. The summed E-state index contributed by atoms with van der Waals surface area (Å²) in [5, 5.41) is 2.91. The Kier molecular flexibility index (Phi) is 3.97. The van der Waals surface area contributed by atoms with Gasteiger partial charge in [-0.25, -0.2) is 4.98 Å². The van der Waals surface area contributed by atoms with Crippen molar-refractivity contribution in [2.75, 3.05) is 26.1 Å². The van der Waals surface area contributed by atoms with Gasteiger partial charge in [0.2, 0.25) is 5.75 Å². The van der Waals surface area contributed by atoms with E-state index in [1.54, 1.807) is 14.2 Å². The van der Waals surface area contributed by atoms with Crippen LogP contribution in [0.2, 0.25) is 0 Å². The fourth-order valence-corrected chi connectivity index (χ4v) is 1.02. The first-order chi connectivity index (χ1) is 6.83. The van der Waals surface area contributed by atoms with Gasteiger partial charge in [0, 0.05) is 7.05 Å². The lowest BCUT2D eigenvalue weighted by molar-refractivity contribution is 0.282. The Hall–Kier alpha value is -1.52. The molecule has 0 bridgehead atoms. The fourth-order valence-electron chi connectivity index (χ4n) is 1.02. The Morgan fingerprint density at radius 1 is 1.43 bits per heavy atom. The number of ether oxygens (including phenoxy) is 2. The standard InChI is InChI=1S/C9H15N3O2/c1-4-5-14-9-7(13-3)8(10-2)11-6-12-9/h6H,4-5H2,1-3H3,(H,10,11,12). The van der Waals surface area contributed by atoms with Gasteiger partial charge in [0.05, 0.1) is 13.7 Å². The van der Waals surface area contributed by atoms with Crippen molar-refractivity contribution in [3.63, 3.8) is 0 Å². The van der Waals surface area contributed by atoms with Gasteiger partial charge in [-0.15, -0.1) is 0 Å². The summed E-state index contributed by atoms with van der Waals surface area (Å²) in [4.78, 5) is 8.01. The zero-order valence-corrected chi connectivity index (χ0v) is 8.70. The summed E-state index contributed by atoms with van der Waals surface area (Å²) in [5.41, 5.74) is 0. The maximum Gasteiger partial charge on any atom is 0.262 e. The third kappa shape index (κ3) is 2.25. The second-order valence-electron chi connectivity index (χ2n) is 2.66. The van der Waals surface area contributed by atoms with Gasteiger partial charge in [-0.05, 0) is 6.42 Å². The lowest BCUT2D eigenvalue weighted by Crippen LogP contribution is -2.04. The summed E-state index contributed by atoms with van der Waals surface area (Å²) in [7, 11) is 3.34. The second kappa shape index (κ2) is 5.26. The number of methoxy groups -OCH3 is 1. The summed E-state index contributed by atoms with van der Waals surface area (Å²) in [6, 6.07) is 0.